The third-order valence-corrected chi connectivity index (χ3v) is 7.97. The number of benzene rings is 1. The van der Waals surface area contributed by atoms with Crippen LogP contribution in [-0.4, -0.2) is 59.7 Å². The Labute approximate surface area is 272 Å². The van der Waals surface area contributed by atoms with Crippen LogP contribution in [0, 0.1) is 11.8 Å². The van der Waals surface area contributed by atoms with Crippen LogP contribution in [0.3, 0.4) is 0 Å². The van der Waals surface area contributed by atoms with Crippen LogP contribution in [0.1, 0.15) is 51.8 Å². The van der Waals surface area contributed by atoms with Crippen molar-refractivity contribution < 1.29 is 9.53 Å². The van der Waals surface area contributed by atoms with E-state index in [1.165, 1.54) is 9.36 Å². The number of carbonyl (C=O) groups excluding carboxylic acids is 1. The fourth-order valence-electron chi connectivity index (χ4n) is 5.90. The van der Waals surface area contributed by atoms with Crippen LogP contribution < -0.4 is 21.3 Å². The maximum atomic E-state index is 14.5. The molecule has 1 amide bonds. The number of fused-ring (bicyclic) bond motifs is 2. The van der Waals surface area contributed by atoms with E-state index in [9.17, 15) is 14.4 Å². The van der Waals surface area contributed by atoms with Gasteiger partial charge in [-0.25, -0.2) is 19.1 Å². The average Bonchev–Trinajstić information content (AvgIpc) is 3.44. The van der Waals surface area contributed by atoms with Gasteiger partial charge in [0.05, 0.1) is 30.8 Å². The number of carbonyl (C=O) groups is 1. The molecule has 1 atom stereocenters. The number of pyridine rings is 2. The van der Waals surface area contributed by atoms with Crippen LogP contribution in [0.5, 0.6) is 0 Å². The summed E-state index contributed by atoms with van der Waals surface area (Å²) in [5, 5.41) is 3.95. The molecule has 4 aromatic heterocycles. The van der Waals surface area contributed by atoms with Gasteiger partial charge >= 0.3 is 6.09 Å². The van der Waals surface area contributed by atoms with Gasteiger partial charge in [0, 0.05) is 36.9 Å². The predicted octanol–water partition coefficient (Wildman–Crippen LogP) is 3.92. The summed E-state index contributed by atoms with van der Waals surface area (Å²) in [6.45, 7) is 8.61. The van der Waals surface area contributed by atoms with Gasteiger partial charge in [-0.1, -0.05) is 36.3 Å². The smallest absolute Gasteiger partial charge is 0.407 e. The third-order valence-electron chi connectivity index (χ3n) is 7.97. The van der Waals surface area contributed by atoms with E-state index in [2.05, 4.69) is 22.1 Å². The maximum absolute atomic E-state index is 14.5. The van der Waals surface area contributed by atoms with Gasteiger partial charge < -0.3 is 15.0 Å². The first-order chi connectivity index (χ1) is 22.6. The lowest BCUT2D eigenvalue weighted by Gasteiger charge is -2.34. The first kappa shape index (κ1) is 31.5. The van der Waals surface area contributed by atoms with Crippen molar-refractivity contribution >= 4 is 34.0 Å². The Balaban J connectivity index is 1.46. The summed E-state index contributed by atoms with van der Waals surface area (Å²) in [7, 11) is 0. The molecule has 12 nitrogen and oxygen atoms in total. The minimum Gasteiger partial charge on any atom is -0.444 e. The van der Waals surface area contributed by atoms with Crippen molar-refractivity contribution in [2.24, 2.45) is 0 Å². The van der Waals surface area contributed by atoms with Gasteiger partial charge in [0.1, 0.15) is 11.1 Å². The number of anilines is 1. The fraction of sp³-hybridized carbons (Fsp3) is 0.371. The molecular weight excluding hydrogens is 596 g/mol. The second-order valence-electron chi connectivity index (χ2n) is 12.6. The molecule has 6 rings (SSSR count). The van der Waals surface area contributed by atoms with E-state index in [0.29, 0.717) is 24.7 Å². The molecule has 1 saturated heterocycles. The monoisotopic (exact) mass is 634 g/mol. The summed E-state index contributed by atoms with van der Waals surface area (Å²) < 4.78 is 10.1. The third kappa shape index (κ3) is 6.89. The Hall–Kier alpha value is -5.44. The van der Waals surface area contributed by atoms with Crippen molar-refractivity contribution in [3.63, 3.8) is 0 Å². The number of aromatic nitrogens is 6. The fourth-order valence-corrected chi connectivity index (χ4v) is 5.90. The van der Waals surface area contributed by atoms with Gasteiger partial charge in [0.2, 0.25) is 5.95 Å². The highest BCUT2D eigenvalue weighted by Gasteiger charge is 2.29. The van der Waals surface area contributed by atoms with Crippen molar-refractivity contribution in [2.75, 3.05) is 18.0 Å². The van der Waals surface area contributed by atoms with E-state index in [1.807, 2.05) is 68.1 Å². The van der Waals surface area contributed by atoms with Crippen molar-refractivity contribution in [2.45, 2.75) is 71.8 Å². The summed E-state index contributed by atoms with van der Waals surface area (Å²) in [5.74, 6) is 6.43. The number of nitrogens with zero attached hydrogens (tertiary/aromatic N) is 7. The number of ether oxygens (including phenoxy) is 1. The second-order valence-corrected chi connectivity index (χ2v) is 12.6. The number of nitrogens with one attached hydrogen (secondary N) is 1. The molecule has 0 bridgehead atoms. The molecule has 242 valence electrons. The molecule has 12 heteroatoms. The molecule has 0 spiro atoms. The molecule has 1 aromatic carbocycles. The van der Waals surface area contributed by atoms with Gasteiger partial charge in [-0.15, -0.1) is 5.92 Å². The molecular formula is C35H38N8O4. The Bertz CT molecular complexity index is 2120. The number of alkyl carbamates (subject to hydrolysis) is 1. The largest absolute Gasteiger partial charge is 0.444 e. The van der Waals surface area contributed by atoms with E-state index in [0.717, 1.165) is 29.3 Å². The standard InChI is InChI=1S/C35H38N8O4/c1-5-6-19-41-30-29(39-33(41)40-18-10-13-26(22-40)38-34(46)47-35(2,3)4)31(44)42(21-24-11-9-17-36-20-24)43(32(30)45)23-27-16-15-25-12-7-8-14-28(25)37-27/h7-9,11-12,14-17,20,26H,10,13,18-19,21-23H2,1-4H3,(H,38,46)/t26-/m1/s1. The summed E-state index contributed by atoms with van der Waals surface area (Å²) in [5.41, 5.74) is 1.03. The highest BCUT2D eigenvalue weighted by atomic mass is 16.6. The van der Waals surface area contributed by atoms with Gasteiger partial charge in [-0.2, -0.15) is 0 Å². The molecule has 0 radical (unpaired) electrons. The molecule has 1 aliphatic rings. The van der Waals surface area contributed by atoms with Crippen molar-refractivity contribution in [1.29, 1.82) is 0 Å². The van der Waals surface area contributed by atoms with Crippen molar-refractivity contribution in [3.8, 4) is 11.8 Å². The van der Waals surface area contributed by atoms with E-state index in [-0.39, 0.29) is 42.3 Å². The molecule has 1 fully saturated rings. The maximum Gasteiger partial charge on any atom is 0.407 e. The molecule has 5 aromatic rings. The number of para-hydroxylation sites is 1. The first-order valence-corrected chi connectivity index (χ1v) is 15.7. The number of piperidine rings is 1. The predicted molar refractivity (Wildman–Crippen MR) is 180 cm³/mol. The highest BCUT2D eigenvalue weighted by molar-refractivity contribution is 5.79. The van der Waals surface area contributed by atoms with Crippen LogP contribution in [-0.2, 0) is 24.4 Å². The SMILES string of the molecule is CC#CCn1c(N2CCC[C@@H](NC(=O)OC(C)(C)C)C2)nc2c(=O)n(Cc3cccnc3)n(Cc3ccc4ccccc4n3)c(=O)c21. The number of hydrogen-bond donors (Lipinski definition) is 1. The quantitative estimate of drug-likeness (QED) is 0.267. The highest BCUT2D eigenvalue weighted by Crippen LogP contribution is 2.23. The Morgan fingerprint density at radius 1 is 1.02 bits per heavy atom. The average molecular weight is 635 g/mol. The van der Waals surface area contributed by atoms with Gasteiger partial charge in [-0.05, 0) is 64.3 Å². The number of hydrogen-bond acceptors (Lipinski definition) is 8. The normalized spacial score (nSPS) is 15.0. The van der Waals surface area contributed by atoms with Crippen LogP contribution >= 0.6 is 0 Å². The van der Waals surface area contributed by atoms with Crippen molar-refractivity contribution in [1.82, 2.24) is 34.2 Å². The molecule has 0 aliphatic carbocycles. The van der Waals surface area contributed by atoms with Crippen LogP contribution in [0.2, 0.25) is 0 Å². The van der Waals surface area contributed by atoms with Crippen LogP contribution in [0.15, 0.2) is 70.5 Å². The lowest BCUT2D eigenvalue weighted by atomic mass is 10.1. The molecule has 47 heavy (non-hydrogen) atoms. The van der Waals surface area contributed by atoms with E-state index in [1.54, 1.807) is 30.0 Å². The zero-order chi connectivity index (χ0) is 33.1. The molecule has 5 heterocycles. The lowest BCUT2D eigenvalue weighted by Crippen LogP contribution is -2.49. The Morgan fingerprint density at radius 3 is 2.60 bits per heavy atom. The zero-order valence-corrected chi connectivity index (χ0v) is 27.1. The van der Waals surface area contributed by atoms with Crippen molar-refractivity contribution in [3.05, 3.63) is 92.9 Å². The second kappa shape index (κ2) is 13.1. The number of rotatable bonds is 7. The molecule has 1 aliphatic heterocycles. The Kier molecular flexibility index (Phi) is 8.80. The first-order valence-electron chi connectivity index (χ1n) is 15.7. The van der Waals surface area contributed by atoms with Gasteiger partial charge in [0.25, 0.3) is 11.1 Å². The van der Waals surface area contributed by atoms with E-state index < -0.39 is 17.3 Å². The topological polar surface area (TPSA) is 129 Å². The minimum absolute atomic E-state index is 0.0664. The summed E-state index contributed by atoms with van der Waals surface area (Å²) >= 11 is 0. The molecule has 0 unspecified atom stereocenters. The van der Waals surface area contributed by atoms with Gasteiger partial charge in [0.15, 0.2) is 5.52 Å². The summed E-state index contributed by atoms with van der Waals surface area (Å²) in [6.07, 6.45) is 4.37. The number of imidazole rings is 1. The van der Waals surface area contributed by atoms with Crippen LogP contribution in [0.4, 0.5) is 10.7 Å². The molecule has 0 saturated carbocycles. The lowest BCUT2D eigenvalue weighted by molar-refractivity contribution is 0.0499. The Morgan fingerprint density at radius 2 is 1.83 bits per heavy atom. The summed E-state index contributed by atoms with van der Waals surface area (Å²) in [6, 6.07) is 15.0. The van der Waals surface area contributed by atoms with E-state index in [4.69, 9.17) is 14.7 Å². The zero-order valence-electron chi connectivity index (χ0n) is 27.1. The summed E-state index contributed by atoms with van der Waals surface area (Å²) in [4.78, 5) is 57.3. The van der Waals surface area contributed by atoms with Gasteiger partial charge in [-0.3, -0.25) is 24.1 Å². The van der Waals surface area contributed by atoms with E-state index >= 15 is 0 Å². The van der Waals surface area contributed by atoms with Crippen LogP contribution in [0.25, 0.3) is 21.9 Å². The molecule has 1 N–H and O–H groups in total. The number of amides is 1. The minimum atomic E-state index is -0.622.